The second kappa shape index (κ2) is 7.28. The quantitative estimate of drug-likeness (QED) is 0.413. The van der Waals surface area contributed by atoms with Crippen molar-refractivity contribution in [1.82, 2.24) is 19.2 Å². The summed E-state index contributed by atoms with van der Waals surface area (Å²) in [4.78, 5) is 5.89. The number of benzene rings is 1. The van der Waals surface area contributed by atoms with Gasteiger partial charge in [0.05, 0.1) is 23.4 Å². The number of aromatic nitrogens is 4. The number of nitrogens with zero attached hydrogens (tertiary/aromatic N) is 4. The zero-order valence-corrected chi connectivity index (χ0v) is 18.7. The molecule has 5 aromatic rings. The summed E-state index contributed by atoms with van der Waals surface area (Å²) < 4.78 is 9.26. The van der Waals surface area contributed by atoms with Crippen molar-refractivity contribution in [3.8, 4) is 33.1 Å². The maximum Gasteiger partial charge on any atom is 0.158 e. The maximum absolute atomic E-state index is 6.60. The second-order valence-electron chi connectivity index (χ2n) is 7.57. The van der Waals surface area contributed by atoms with Gasteiger partial charge in [-0.3, -0.25) is 0 Å². The Labute approximate surface area is 184 Å². The Morgan fingerprint density at radius 1 is 0.968 bits per heavy atom. The van der Waals surface area contributed by atoms with Crippen LogP contribution < -0.4 is 10.5 Å². The van der Waals surface area contributed by atoms with E-state index in [1.54, 1.807) is 23.0 Å². The van der Waals surface area contributed by atoms with Crippen molar-refractivity contribution < 1.29 is 4.74 Å². The minimum Gasteiger partial charge on any atom is -0.497 e. The van der Waals surface area contributed by atoms with E-state index in [1.807, 2.05) is 37.3 Å². The lowest BCUT2D eigenvalue weighted by molar-refractivity contribution is 0.415. The number of nitrogen functional groups attached to an aromatic ring is 1. The molecule has 31 heavy (non-hydrogen) atoms. The molecule has 0 aliphatic rings. The van der Waals surface area contributed by atoms with Gasteiger partial charge in [0.1, 0.15) is 17.3 Å². The first-order valence-electron chi connectivity index (χ1n) is 10.0. The van der Waals surface area contributed by atoms with E-state index in [9.17, 15) is 0 Å². The topological polar surface area (TPSA) is 70.4 Å². The van der Waals surface area contributed by atoms with E-state index in [2.05, 4.69) is 42.0 Å². The van der Waals surface area contributed by atoms with Gasteiger partial charge in [-0.1, -0.05) is 12.1 Å². The summed E-state index contributed by atoms with van der Waals surface area (Å²) in [7, 11) is 1.66. The Hall–Kier alpha value is -3.58. The molecule has 0 aliphatic heterocycles. The molecule has 0 fully saturated rings. The van der Waals surface area contributed by atoms with Crippen LogP contribution in [-0.4, -0.2) is 26.3 Å². The first kappa shape index (κ1) is 19.4. The smallest absolute Gasteiger partial charge is 0.158 e. The number of hydrogen-bond acceptors (Lipinski definition) is 5. The molecule has 2 N–H and O–H groups in total. The van der Waals surface area contributed by atoms with Crippen LogP contribution in [0, 0.1) is 20.8 Å². The average Bonchev–Trinajstić information content (AvgIpc) is 3.47. The van der Waals surface area contributed by atoms with Gasteiger partial charge in [-0.25, -0.2) is 4.98 Å². The SMILES string of the molecule is COc1ccc(-c2c(C)nc3cc(-c4sccc4-n4c(C)ccc4C)nn3c2N)cc1. The minimum absolute atomic E-state index is 0.574. The van der Waals surface area contributed by atoms with Crippen molar-refractivity contribution in [2.45, 2.75) is 20.8 Å². The van der Waals surface area contributed by atoms with Crippen LogP contribution in [0.1, 0.15) is 17.1 Å². The highest BCUT2D eigenvalue weighted by molar-refractivity contribution is 7.14. The number of nitrogens with two attached hydrogens (primary N) is 1. The van der Waals surface area contributed by atoms with E-state index in [0.717, 1.165) is 44.5 Å². The number of rotatable bonds is 4. The number of hydrogen-bond donors (Lipinski definition) is 1. The van der Waals surface area contributed by atoms with Crippen molar-refractivity contribution in [3.63, 3.8) is 0 Å². The lowest BCUT2D eigenvalue weighted by atomic mass is 10.0. The van der Waals surface area contributed by atoms with E-state index >= 15 is 0 Å². The number of aryl methyl sites for hydroxylation is 3. The van der Waals surface area contributed by atoms with Gasteiger partial charge in [-0.15, -0.1) is 11.3 Å². The zero-order chi connectivity index (χ0) is 21.7. The Kier molecular flexibility index (Phi) is 4.55. The van der Waals surface area contributed by atoms with Gasteiger partial charge in [0.25, 0.3) is 0 Å². The van der Waals surface area contributed by atoms with E-state index in [-0.39, 0.29) is 0 Å². The molecule has 7 heteroatoms. The highest BCUT2D eigenvalue weighted by Crippen LogP contribution is 2.36. The fraction of sp³-hybridized carbons (Fsp3) is 0.167. The van der Waals surface area contributed by atoms with Crippen LogP contribution in [0.3, 0.4) is 0 Å². The molecule has 0 amide bonds. The van der Waals surface area contributed by atoms with Crippen molar-refractivity contribution in [3.05, 3.63) is 71.0 Å². The minimum atomic E-state index is 0.574. The van der Waals surface area contributed by atoms with Gasteiger partial charge in [0.2, 0.25) is 0 Å². The largest absolute Gasteiger partial charge is 0.497 e. The molecule has 0 saturated carbocycles. The third-order valence-corrected chi connectivity index (χ3v) is 6.51. The van der Waals surface area contributed by atoms with Gasteiger partial charge in [0, 0.05) is 23.0 Å². The summed E-state index contributed by atoms with van der Waals surface area (Å²) in [5.41, 5.74) is 14.4. The molecule has 4 aromatic heterocycles. The Balaban J connectivity index is 1.66. The molecule has 0 bridgehead atoms. The molecule has 0 radical (unpaired) electrons. The normalized spacial score (nSPS) is 11.4. The Morgan fingerprint density at radius 2 is 1.68 bits per heavy atom. The third-order valence-electron chi connectivity index (χ3n) is 5.59. The summed E-state index contributed by atoms with van der Waals surface area (Å²) in [6, 6.07) is 16.2. The van der Waals surface area contributed by atoms with Gasteiger partial charge in [-0.2, -0.15) is 9.61 Å². The molecule has 156 valence electrons. The van der Waals surface area contributed by atoms with Crippen molar-refractivity contribution in [2.75, 3.05) is 12.8 Å². The lowest BCUT2D eigenvalue weighted by Gasteiger charge is -2.11. The molecule has 4 heterocycles. The predicted octanol–water partition coefficient (Wildman–Crippen LogP) is 5.43. The van der Waals surface area contributed by atoms with Gasteiger partial charge < -0.3 is 15.0 Å². The molecular formula is C24H23N5OS. The molecule has 0 spiro atoms. The number of fused-ring (bicyclic) bond motifs is 1. The first-order chi connectivity index (χ1) is 15.0. The molecule has 0 saturated heterocycles. The molecule has 6 nitrogen and oxygen atoms in total. The zero-order valence-electron chi connectivity index (χ0n) is 17.9. The van der Waals surface area contributed by atoms with Crippen LogP contribution in [0.2, 0.25) is 0 Å². The van der Waals surface area contributed by atoms with Crippen LogP contribution in [-0.2, 0) is 0 Å². The van der Waals surface area contributed by atoms with Crippen LogP contribution in [0.25, 0.3) is 33.0 Å². The number of ether oxygens (including phenoxy) is 1. The molecule has 0 aliphatic carbocycles. The fourth-order valence-electron chi connectivity index (χ4n) is 4.09. The highest BCUT2D eigenvalue weighted by atomic mass is 32.1. The summed E-state index contributed by atoms with van der Waals surface area (Å²) in [6.45, 7) is 6.20. The van der Waals surface area contributed by atoms with E-state index in [4.69, 9.17) is 20.6 Å². The number of anilines is 1. The monoisotopic (exact) mass is 429 g/mol. The van der Waals surface area contributed by atoms with Crippen LogP contribution in [0.5, 0.6) is 5.75 Å². The second-order valence-corrected chi connectivity index (χ2v) is 8.49. The van der Waals surface area contributed by atoms with E-state index < -0.39 is 0 Å². The van der Waals surface area contributed by atoms with Gasteiger partial charge in [0.15, 0.2) is 5.65 Å². The highest BCUT2D eigenvalue weighted by Gasteiger charge is 2.19. The van der Waals surface area contributed by atoms with Gasteiger partial charge >= 0.3 is 0 Å². The summed E-state index contributed by atoms with van der Waals surface area (Å²) >= 11 is 1.67. The van der Waals surface area contributed by atoms with Crippen molar-refractivity contribution >= 4 is 22.8 Å². The summed E-state index contributed by atoms with van der Waals surface area (Å²) in [5.74, 6) is 1.38. The van der Waals surface area contributed by atoms with Crippen LogP contribution in [0.4, 0.5) is 5.82 Å². The molecule has 5 rings (SSSR count). The molecule has 0 atom stereocenters. The Morgan fingerprint density at radius 3 is 2.35 bits per heavy atom. The number of thiophene rings is 1. The lowest BCUT2D eigenvalue weighted by Crippen LogP contribution is -2.05. The van der Waals surface area contributed by atoms with Gasteiger partial charge in [-0.05, 0) is 62.0 Å². The molecule has 1 aromatic carbocycles. The summed E-state index contributed by atoms with van der Waals surface area (Å²) in [6.07, 6.45) is 0. The van der Waals surface area contributed by atoms with Crippen molar-refractivity contribution in [1.29, 1.82) is 0 Å². The third kappa shape index (κ3) is 3.09. The van der Waals surface area contributed by atoms with E-state index in [1.165, 1.54) is 11.4 Å². The summed E-state index contributed by atoms with van der Waals surface area (Å²) in [5, 5.41) is 6.94. The molecular weight excluding hydrogens is 406 g/mol. The van der Waals surface area contributed by atoms with Crippen LogP contribution in [0.15, 0.2) is 53.9 Å². The fourth-order valence-corrected chi connectivity index (χ4v) is 4.92. The van der Waals surface area contributed by atoms with Crippen molar-refractivity contribution in [2.24, 2.45) is 0 Å². The maximum atomic E-state index is 6.60. The van der Waals surface area contributed by atoms with E-state index in [0.29, 0.717) is 5.82 Å². The van der Waals surface area contributed by atoms with Crippen LogP contribution >= 0.6 is 11.3 Å². The average molecular weight is 430 g/mol. The first-order valence-corrected chi connectivity index (χ1v) is 10.9. The Bertz CT molecular complexity index is 1390. The number of methoxy groups -OCH3 is 1. The predicted molar refractivity (Wildman–Crippen MR) is 126 cm³/mol. The standard InChI is InChI=1S/C24H23N5OS/c1-14-5-6-15(2)28(14)20-11-12-31-23(20)19-13-21-26-16(3)22(24(25)29(21)27-19)17-7-9-18(30-4)10-8-17/h5-13H,25H2,1-4H3. The molecule has 0 unspecified atom stereocenters.